The van der Waals surface area contributed by atoms with E-state index in [4.69, 9.17) is 16.6 Å². The molecule has 4 rings (SSSR count). The van der Waals surface area contributed by atoms with Crippen LogP contribution >= 0.6 is 11.6 Å². The van der Waals surface area contributed by atoms with Crippen LogP contribution in [0.5, 0.6) is 0 Å². The molecule has 0 saturated carbocycles. The van der Waals surface area contributed by atoms with Crippen LogP contribution in [0, 0.1) is 0 Å². The molecule has 0 spiro atoms. The summed E-state index contributed by atoms with van der Waals surface area (Å²) in [6.45, 7) is 3.17. The van der Waals surface area contributed by atoms with Crippen LogP contribution in [0.3, 0.4) is 0 Å². The number of nitrogens with zero attached hydrogens (tertiary/aromatic N) is 4. The number of benzene rings is 1. The highest BCUT2D eigenvalue weighted by molar-refractivity contribution is 6.30. The summed E-state index contributed by atoms with van der Waals surface area (Å²) in [4.78, 5) is 7.32. The second-order valence-electron chi connectivity index (χ2n) is 7.41. The van der Waals surface area contributed by atoms with Gasteiger partial charge in [0.1, 0.15) is 0 Å². The molecule has 1 saturated heterocycles. The lowest BCUT2D eigenvalue weighted by molar-refractivity contribution is 0.194. The molecule has 140 valence electrons. The number of likely N-dealkylation sites (tertiary alicyclic amines) is 1. The molecule has 5 heteroatoms. The third-order valence-corrected chi connectivity index (χ3v) is 5.65. The molecule has 0 N–H and O–H groups in total. The van der Waals surface area contributed by atoms with Gasteiger partial charge in [0, 0.05) is 49.2 Å². The number of halogens is 1. The molecular weight excluding hydrogens is 356 g/mol. The Kier molecular flexibility index (Phi) is 5.55. The molecule has 4 nitrogen and oxygen atoms in total. The first-order valence-corrected chi connectivity index (χ1v) is 9.94. The van der Waals surface area contributed by atoms with Crippen molar-refractivity contribution in [2.45, 2.75) is 31.7 Å². The normalized spacial score (nSPS) is 17.9. The molecule has 1 aliphatic rings. The van der Waals surface area contributed by atoms with E-state index in [0.29, 0.717) is 5.92 Å². The van der Waals surface area contributed by atoms with Gasteiger partial charge in [0.25, 0.3) is 0 Å². The summed E-state index contributed by atoms with van der Waals surface area (Å²) in [5.74, 6) is 0.511. The zero-order valence-corrected chi connectivity index (χ0v) is 16.4. The van der Waals surface area contributed by atoms with E-state index in [1.807, 2.05) is 36.3 Å². The zero-order chi connectivity index (χ0) is 18.6. The molecule has 1 atom stereocenters. The Hall–Kier alpha value is -2.17. The van der Waals surface area contributed by atoms with E-state index in [1.165, 1.54) is 35.4 Å². The van der Waals surface area contributed by atoms with Gasteiger partial charge in [-0.15, -0.1) is 0 Å². The highest BCUT2D eigenvalue weighted by Gasteiger charge is 2.23. The van der Waals surface area contributed by atoms with E-state index in [2.05, 4.69) is 40.3 Å². The first-order valence-electron chi connectivity index (χ1n) is 9.56. The van der Waals surface area contributed by atoms with Gasteiger partial charge in [-0.2, -0.15) is 5.10 Å². The minimum absolute atomic E-state index is 0.511. The summed E-state index contributed by atoms with van der Waals surface area (Å²) >= 11 is 5.97. The maximum Gasteiger partial charge on any atom is 0.0521 e. The lowest BCUT2D eigenvalue weighted by atomic mass is 9.93. The number of aromatic nitrogens is 3. The van der Waals surface area contributed by atoms with Crippen LogP contribution in [0.25, 0.3) is 0 Å². The first kappa shape index (κ1) is 18.2. The van der Waals surface area contributed by atoms with Gasteiger partial charge in [-0.3, -0.25) is 14.6 Å². The second kappa shape index (κ2) is 8.24. The molecule has 3 aromatic rings. The van der Waals surface area contributed by atoms with Gasteiger partial charge in [-0.1, -0.05) is 29.8 Å². The van der Waals surface area contributed by atoms with Crippen molar-refractivity contribution in [1.29, 1.82) is 0 Å². The van der Waals surface area contributed by atoms with Crippen LogP contribution in [-0.2, 0) is 20.0 Å². The molecule has 27 heavy (non-hydrogen) atoms. The number of pyridine rings is 1. The monoisotopic (exact) mass is 380 g/mol. The van der Waals surface area contributed by atoms with Crippen molar-refractivity contribution < 1.29 is 0 Å². The van der Waals surface area contributed by atoms with E-state index in [0.717, 1.165) is 31.1 Å². The van der Waals surface area contributed by atoms with Crippen molar-refractivity contribution in [2.24, 2.45) is 7.05 Å². The van der Waals surface area contributed by atoms with Crippen LogP contribution in [0.2, 0.25) is 5.02 Å². The van der Waals surface area contributed by atoms with Crippen molar-refractivity contribution in [3.8, 4) is 0 Å². The maximum absolute atomic E-state index is 5.97. The minimum Gasteiger partial charge on any atom is -0.297 e. The first-order chi connectivity index (χ1) is 13.2. The van der Waals surface area contributed by atoms with Gasteiger partial charge in [0.05, 0.1) is 5.69 Å². The fourth-order valence-corrected chi connectivity index (χ4v) is 3.97. The minimum atomic E-state index is 0.511. The fourth-order valence-electron chi connectivity index (χ4n) is 3.85. The number of hydrogen-bond acceptors (Lipinski definition) is 3. The summed E-state index contributed by atoms with van der Waals surface area (Å²) in [6, 6.07) is 14.6. The zero-order valence-electron chi connectivity index (χ0n) is 15.7. The fraction of sp³-hybridized carbons (Fsp3) is 0.364. The molecule has 0 radical (unpaired) electrons. The van der Waals surface area contributed by atoms with E-state index in [1.54, 1.807) is 0 Å². The van der Waals surface area contributed by atoms with Gasteiger partial charge in [-0.25, -0.2) is 0 Å². The largest absolute Gasteiger partial charge is 0.297 e. The lowest BCUT2D eigenvalue weighted by Gasteiger charge is -2.32. The summed E-state index contributed by atoms with van der Waals surface area (Å²) in [6.07, 6.45) is 7.23. The van der Waals surface area contributed by atoms with Gasteiger partial charge in [-0.05, 0) is 61.2 Å². The van der Waals surface area contributed by atoms with E-state index in [9.17, 15) is 0 Å². The quantitative estimate of drug-likeness (QED) is 0.656. The Bertz CT molecular complexity index is 870. The second-order valence-corrected chi connectivity index (χ2v) is 7.85. The van der Waals surface area contributed by atoms with Gasteiger partial charge < -0.3 is 0 Å². The van der Waals surface area contributed by atoms with Gasteiger partial charge in [0.15, 0.2) is 0 Å². The number of rotatable bonds is 5. The van der Waals surface area contributed by atoms with E-state index >= 15 is 0 Å². The molecule has 0 amide bonds. The van der Waals surface area contributed by atoms with Crippen molar-refractivity contribution in [3.63, 3.8) is 0 Å². The molecular formula is C22H25ClN4. The third kappa shape index (κ3) is 4.57. The maximum atomic E-state index is 5.97. The Morgan fingerprint density at radius 2 is 1.89 bits per heavy atom. The van der Waals surface area contributed by atoms with Crippen molar-refractivity contribution in [2.75, 3.05) is 13.1 Å². The smallest absolute Gasteiger partial charge is 0.0521 e. The lowest BCUT2D eigenvalue weighted by Crippen LogP contribution is -2.34. The predicted octanol–water partition coefficient (Wildman–Crippen LogP) is 4.44. The van der Waals surface area contributed by atoms with Crippen LogP contribution in [-0.4, -0.2) is 32.8 Å². The highest BCUT2D eigenvalue weighted by Crippen LogP contribution is 2.27. The van der Waals surface area contributed by atoms with E-state index < -0.39 is 0 Å². The number of hydrogen-bond donors (Lipinski definition) is 0. The summed E-state index contributed by atoms with van der Waals surface area (Å²) < 4.78 is 1.97. The summed E-state index contributed by atoms with van der Waals surface area (Å²) in [7, 11) is 2.01. The molecule has 3 heterocycles. The van der Waals surface area contributed by atoms with Crippen LogP contribution in [0.15, 0.2) is 54.9 Å². The Labute approximate surface area is 165 Å². The third-order valence-electron chi connectivity index (χ3n) is 5.40. The highest BCUT2D eigenvalue weighted by atomic mass is 35.5. The van der Waals surface area contributed by atoms with Crippen molar-refractivity contribution >= 4 is 11.6 Å². The Balaban J connectivity index is 1.39. The average Bonchev–Trinajstić information content (AvgIpc) is 3.09. The molecule has 1 aromatic carbocycles. The molecule has 1 aliphatic heterocycles. The number of piperidine rings is 1. The average molecular weight is 381 g/mol. The molecule has 1 unspecified atom stereocenters. The Morgan fingerprint density at radius 1 is 1.07 bits per heavy atom. The number of aryl methyl sites for hydroxylation is 1. The topological polar surface area (TPSA) is 34.0 Å². The summed E-state index contributed by atoms with van der Waals surface area (Å²) in [5.41, 5.74) is 4.98. The van der Waals surface area contributed by atoms with Crippen molar-refractivity contribution in [3.05, 3.63) is 82.4 Å². The molecule has 0 aliphatic carbocycles. The predicted molar refractivity (Wildman–Crippen MR) is 109 cm³/mol. The van der Waals surface area contributed by atoms with Crippen LogP contribution in [0.1, 0.15) is 41.3 Å². The SMILES string of the molecule is Cn1nccc1CN1CCCC(c2ccc(Cc3ccc(Cl)cc3)cn2)C1. The van der Waals surface area contributed by atoms with Gasteiger partial charge in [0.2, 0.25) is 0 Å². The Morgan fingerprint density at radius 3 is 2.59 bits per heavy atom. The van der Waals surface area contributed by atoms with Gasteiger partial charge >= 0.3 is 0 Å². The van der Waals surface area contributed by atoms with Crippen molar-refractivity contribution in [1.82, 2.24) is 19.7 Å². The summed E-state index contributed by atoms with van der Waals surface area (Å²) in [5, 5.41) is 5.06. The molecule has 0 bridgehead atoms. The van der Waals surface area contributed by atoms with Crippen LogP contribution in [0.4, 0.5) is 0 Å². The van der Waals surface area contributed by atoms with E-state index in [-0.39, 0.29) is 0 Å². The standard InChI is InChI=1S/C22H25ClN4/c1-26-21(10-11-25-26)16-27-12-2-3-19(15-27)22-9-6-18(14-24-22)13-17-4-7-20(23)8-5-17/h4-11,14,19H,2-3,12-13,15-16H2,1H3. The molecule has 1 fully saturated rings. The van der Waals surface area contributed by atoms with Crippen LogP contribution < -0.4 is 0 Å². The molecule has 2 aromatic heterocycles.